The summed E-state index contributed by atoms with van der Waals surface area (Å²) >= 11 is 0. The van der Waals surface area contributed by atoms with Crippen molar-refractivity contribution in [2.24, 2.45) is 0 Å². The van der Waals surface area contributed by atoms with E-state index in [1.165, 1.54) is 18.2 Å². The van der Waals surface area contributed by atoms with Gasteiger partial charge in [0, 0.05) is 18.7 Å². The van der Waals surface area contributed by atoms with Gasteiger partial charge in [0.2, 0.25) is 0 Å². The van der Waals surface area contributed by atoms with Crippen molar-refractivity contribution in [3.63, 3.8) is 0 Å². The molecule has 1 aromatic carbocycles. The largest absolute Gasteiger partial charge is 0.493 e. The van der Waals surface area contributed by atoms with Gasteiger partial charge in [-0.1, -0.05) is 6.92 Å². The predicted octanol–water partition coefficient (Wildman–Crippen LogP) is 2.13. The van der Waals surface area contributed by atoms with Crippen LogP contribution in [0, 0.1) is 10.1 Å². The Morgan fingerprint density at radius 2 is 2.17 bits per heavy atom. The summed E-state index contributed by atoms with van der Waals surface area (Å²) in [5.74, 6) is 0.000651. The number of carbonyl (C=O) groups excluding carboxylic acids is 1. The van der Waals surface area contributed by atoms with Crippen LogP contribution in [0.1, 0.15) is 30.6 Å². The highest BCUT2D eigenvalue weighted by molar-refractivity contribution is 5.97. The molecule has 0 aliphatic heterocycles. The second kappa shape index (κ2) is 6.58. The number of nitrogens with zero attached hydrogens (tertiary/aromatic N) is 1. The van der Waals surface area contributed by atoms with Crippen molar-refractivity contribution >= 4 is 11.6 Å². The Bertz CT molecular complexity index is 446. The maximum absolute atomic E-state index is 11.9. The fourth-order valence-corrected chi connectivity index (χ4v) is 1.42. The molecular weight excluding hydrogens is 236 g/mol. The highest BCUT2D eigenvalue weighted by Gasteiger charge is 2.17. The van der Waals surface area contributed by atoms with Gasteiger partial charge in [-0.15, -0.1) is 0 Å². The summed E-state index contributed by atoms with van der Waals surface area (Å²) in [7, 11) is 0. The molecule has 18 heavy (non-hydrogen) atoms. The summed E-state index contributed by atoms with van der Waals surface area (Å²) in [6.45, 7) is 4.63. The van der Waals surface area contributed by atoms with Crippen LogP contribution in [-0.4, -0.2) is 24.0 Å². The first kappa shape index (κ1) is 14.0. The standard InChI is InChI=1S/C12H16N2O4/c1-3-7-13-12(15)10-8-9(14(16)17)5-6-11(10)18-4-2/h5-6,8H,3-4,7H2,1-2H3,(H,13,15). The Labute approximate surface area is 105 Å². The van der Waals surface area contributed by atoms with Gasteiger partial charge >= 0.3 is 0 Å². The number of nitro benzene ring substituents is 1. The van der Waals surface area contributed by atoms with Gasteiger partial charge in [0.1, 0.15) is 5.75 Å². The first-order chi connectivity index (χ1) is 8.60. The summed E-state index contributed by atoms with van der Waals surface area (Å²) < 4.78 is 5.29. The maximum atomic E-state index is 11.9. The molecule has 0 aliphatic carbocycles. The lowest BCUT2D eigenvalue weighted by Crippen LogP contribution is -2.24. The molecule has 0 bridgehead atoms. The molecule has 1 rings (SSSR count). The molecule has 0 heterocycles. The van der Waals surface area contributed by atoms with Crippen LogP contribution >= 0.6 is 0 Å². The number of ether oxygens (including phenoxy) is 1. The second-order valence-electron chi connectivity index (χ2n) is 3.63. The van der Waals surface area contributed by atoms with Crippen molar-refractivity contribution in [1.82, 2.24) is 5.32 Å². The van der Waals surface area contributed by atoms with E-state index in [0.29, 0.717) is 18.9 Å². The molecule has 0 aliphatic rings. The highest BCUT2D eigenvalue weighted by Crippen LogP contribution is 2.24. The van der Waals surface area contributed by atoms with E-state index < -0.39 is 4.92 Å². The maximum Gasteiger partial charge on any atom is 0.270 e. The molecule has 0 atom stereocenters. The van der Waals surface area contributed by atoms with E-state index in [4.69, 9.17) is 4.74 Å². The van der Waals surface area contributed by atoms with Crippen molar-refractivity contribution in [2.45, 2.75) is 20.3 Å². The summed E-state index contributed by atoms with van der Waals surface area (Å²) in [5.41, 5.74) is 0.0691. The van der Waals surface area contributed by atoms with Gasteiger partial charge in [-0.3, -0.25) is 14.9 Å². The van der Waals surface area contributed by atoms with Gasteiger partial charge in [0.25, 0.3) is 11.6 Å². The van der Waals surface area contributed by atoms with Crippen molar-refractivity contribution in [3.8, 4) is 5.75 Å². The van der Waals surface area contributed by atoms with E-state index >= 15 is 0 Å². The Balaban J connectivity index is 3.06. The van der Waals surface area contributed by atoms with Crippen molar-refractivity contribution in [1.29, 1.82) is 0 Å². The van der Waals surface area contributed by atoms with Crippen LogP contribution < -0.4 is 10.1 Å². The van der Waals surface area contributed by atoms with Crippen LogP contribution in [0.3, 0.4) is 0 Å². The van der Waals surface area contributed by atoms with Crippen molar-refractivity contribution < 1.29 is 14.5 Å². The average molecular weight is 252 g/mol. The molecular formula is C12H16N2O4. The molecule has 0 saturated heterocycles. The van der Waals surface area contributed by atoms with Crippen LogP contribution in [-0.2, 0) is 0 Å². The van der Waals surface area contributed by atoms with E-state index in [1.807, 2.05) is 6.92 Å². The first-order valence-corrected chi connectivity index (χ1v) is 5.79. The predicted molar refractivity (Wildman–Crippen MR) is 66.9 cm³/mol. The van der Waals surface area contributed by atoms with E-state index in [0.717, 1.165) is 6.42 Å². The van der Waals surface area contributed by atoms with Gasteiger partial charge in [-0.25, -0.2) is 0 Å². The SMILES string of the molecule is CCCNC(=O)c1cc([N+](=O)[O-])ccc1OCC. The van der Waals surface area contributed by atoms with Gasteiger partial charge in [0.15, 0.2) is 0 Å². The number of amides is 1. The Morgan fingerprint density at radius 1 is 1.44 bits per heavy atom. The Morgan fingerprint density at radius 3 is 2.72 bits per heavy atom. The summed E-state index contributed by atoms with van der Waals surface area (Å²) in [6, 6.07) is 4.00. The number of nitrogens with one attached hydrogen (secondary N) is 1. The van der Waals surface area contributed by atoms with Crippen LogP contribution in [0.5, 0.6) is 5.75 Å². The van der Waals surface area contributed by atoms with E-state index in [1.54, 1.807) is 6.92 Å². The fraction of sp³-hybridized carbons (Fsp3) is 0.417. The lowest BCUT2D eigenvalue weighted by molar-refractivity contribution is -0.384. The molecule has 98 valence electrons. The third kappa shape index (κ3) is 3.44. The van der Waals surface area contributed by atoms with Crippen LogP contribution in [0.2, 0.25) is 0 Å². The lowest BCUT2D eigenvalue weighted by atomic mass is 10.1. The minimum absolute atomic E-state index is 0.125. The smallest absolute Gasteiger partial charge is 0.270 e. The molecule has 0 fully saturated rings. The van der Waals surface area contributed by atoms with E-state index in [-0.39, 0.29) is 17.2 Å². The molecule has 1 amide bonds. The third-order valence-corrected chi connectivity index (χ3v) is 2.25. The minimum Gasteiger partial charge on any atom is -0.493 e. The van der Waals surface area contributed by atoms with Crippen LogP contribution in [0.25, 0.3) is 0 Å². The molecule has 6 heteroatoms. The van der Waals surface area contributed by atoms with Crippen molar-refractivity contribution in [3.05, 3.63) is 33.9 Å². The van der Waals surface area contributed by atoms with Crippen LogP contribution in [0.4, 0.5) is 5.69 Å². The average Bonchev–Trinajstić information content (AvgIpc) is 2.36. The molecule has 0 aromatic heterocycles. The zero-order valence-corrected chi connectivity index (χ0v) is 10.4. The molecule has 0 unspecified atom stereocenters. The molecule has 0 radical (unpaired) electrons. The number of nitro groups is 1. The van der Waals surface area contributed by atoms with Gasteiger partial charge in [-0.05, 0) is 19.4 Å². The minimum atomic E-state index is -0.535. The third-order valence-electron chi connectivity index (χ3n) is 2.25. The topological polar surface area (TPSA) is 81.5 Å². The molecule has 6 nitrogen and oxygen atoms in total. The number of hydrogen-bond donors (Lipinski definition) is 1. The molecule has 0 spiro atoms. The summed E-state index contributed by atoms with van der Waals surface area (Å²) in [6.07, 6.45) is 0.796. The zero-order valence-electron chi connectivity index (χ0n) is 10.4. The van der Waals surface area contributed by atoms with Crippen LogP contribution in [0.15, 0.2) is 18.2 Å². The fourth-order valence-electron chi connectivity index (χ4n) is 1.42. The molecule has 1 aromatic rings. The summed E-state index contributed by atoms with van der Waals surface area (Å²) in [4.78, 5) is 22.0. The number of rotatable bonds is 6. The Hall–Kier alpha value is -2.11. The first-order valence-electron chi connectivity index (χ1n) is 5.79. The second-order valence-corrected chi connectivity index (χ2v) is 3.63. The number of non-ortho nitro benzene ring substituents is 1. The van der Waals surface area contributed by atoms with E-state index in [9.17, 15) is 14.9 Å². The normalized spacial score (nSPS) is 9.89. The lowest BCUT2D eigenvalue weighted by Gasteiger charge is -2.09. The monoisotopic (exact) mass is 252 g/mol. The number of benzene rings is 1. The Kier molecular flexibility index (Phi) is 5.10. The molecule has 0 saturated carbocycles. The van der Waals surface area contributed by atoms with Gasteiger partial charge in [0.05, 0.1) is 17.1 Å². The van der Waals surface area contributed by atoms with E-state index in [2.05, 4.69) is 5.32 Å². The molecule has 1 N–H and O–H groups in total. The highest BCUT2D eigenvalue weighted by atomic mass is 16.6. The number of hydrogen-bond acceptors (Lipinski definition) is 4. The quantitative estimate of drug-likeness (QED) is 0.621. The summed E-state index contributed by atoms with van der Waals surface area (Å²) in [5, 5.41) is 13.4. The zero-order chi connectivity index (χ0) is 13.5. The van der Waals surface area contributed by atoms with Gasteiger partial charge < -0.3 is 10.1 Å². The van der Waals surface area contributed by atoms with Crippen molar-refractivity contribution in [2.75, 3.05) is 13.2 Å². The van der Waals surface area contributed by atoms with Gasteiger partial charge in [-0.2, -0.15) is 0 Å². The number of carbonyl (C=O) groups is 1.